The zero-order valence-electron chi connectivity index (χ0n) is 12.6. The van der Waals surface area contributed by atoms with Crippen LogP contribution in [-0.2, 0) is 6.54 Å². The minimum atomic E-state index is 0.169. The minimum Gasteiger partial charge on any atom is -0.309 e. The molecule has 0 aliphatic carbocycles. The van der Waals surface area contributed by atoms with Gasteiger partial charge >= 0.3 is 0 Å². The number of rotatable bonds is 4. The molecule has 0 bridgehead atoms. The van der Waals surface area contributed by atoms with E-state index in [0.29, 0.717) is 12.0 Å². The highest BCUT2D eigenvalue weighted by molar-refractivity contribution is 4.96. The highest BCUT2D eigenvalue weighted by Gasteiger charge is 2.32. The van der Waals surface area contributed by atoms with Crippen LogP contribution in [0, 0.1) is 5.92 Å². The molecule has 4 heteroatoms. The lowest BCUT2D eigenvalue weighted by Gasteiger charge is -2.45. The highest BCUT2D eigenvalue weighted by Crippen LogP contribution is 2.21. The Morgan fingerprint density at radius 2 is 2.05 bits per heavy atom. The summed E-state index contributed by atoms with van der Waals surface area (Å²) in [5.41, 5.74) is 0.169. The molecule has 0 amide bonds. The minimum absolute atomic E-state index is 0.169. The van der Waals surface area contributed by atoms with Gasteiger partial charge in [-0.2, -0.15) is 0 Å². The van der Waals surface area contributed by atoms with Crippen LogP contribution in [0.5, 0.6) is 0 Å². The van der Waals surface area contributed by atoms with Crippen molar-refractivity contribution in [2.75, 3.05) is 13.1 Å². The van der Waals surface area contributed by atoms with Crippen LogP contribution >= 0.6 is 0 Å². The number of nitrogens with one attached hydrogen (secondary N) is 1. The maximum absolute atomic E-state index is 4.36. The van der Waals surface area contributed by atoms with Crippen LogP contribution in [0.15, 0.2) is 18.5 Å². The Labute approximate surface area is 116 Å². The second-order valence-electron chi connectivity index (χ2n) is 6.62. The lowest BCUT2D eigenvalue weighted by molar-refractivity contribution is 0.0736. The van der Waals surface area contributed by atoms with Crippen molar-refractivity contribution in [2.45, 2.75) is 52.2 Å². The van der Waals surface area contributed by atoms with Crippen LogP contribution in [-0.4, -0.2) is 39.5 Å². The molecule has 1 fully saturated rings. The van der Waals surface area contributed by atoms with Gasteiger partial charge in [-0.3, -0.25) is 4.90 Å². The monoisotopic (exact) mass is 262 g/mol. The number of nitrogens with zero attached hydrogens (tertiary/aromatic N) is 3. The first kappa shape index (κ1) is 14.4. The number of piperazine rings is 1. The van der Waals surface area contributed by atoms with Gasteiger partial charge < -0.3 is 5.32 Å². The zero-order chi connectivity index (χ0) is 13.9. The summed E-state index contributed by atoms with van der Waals surface area (Å²) in [5.74, 6) is 1.64. The van der Waals surface area contributed by atoms with Gasteiger partial charge in [-0.25, -0.2) is 9.97 Å². The third-order valence-electron chi connectivity index (χ3n) is 3.64. The molecule has 2 heterocycles. The number of hydrogen-bond donors (Lipinski definition) is 1. The molecule has 4 nitrogen and oxygen atoms in total. The van der Waals surface area contributed by atoms with E-state index in [-0.39, 0.29) is 5.54 Å². The first-order valence-corrected chi connectivity index (χ1v) is 7.21. The van der Waals surface area contributed by atoms with Crippen molar-refractivity contribution >= 4 is 0 Å². The Balaban J connectivity index is 2.07. The van der Waals surface area contributed by atoms with Gasteiger partial charge in [0.05, 0.1) is 6.54 Å². The van der Waals surface area contributed by atoms with Crippen molar-refractivity contribution in [1.82, 2.24) is 20.2 Å². The second-order valence-corrected chi connectivity index (χ2v) is 6.62. The Morgan fingerprint density at radius 3 is 2.68 bits per heavy atom. The third kappa shape index (κ3) is 4.25. The standard InChI is InChI=1S/C15H26N4/c1-12(2)8-13-9-18-15(3,4)11-19(13)10-14-16-6-5-7-17-14/h5-7,12-13,18H,8-11H2,1-4H3. The summed E-state index contributed by atoms with van der Waals surface area (Å²) >= 11 is 0. The van der Waals surface area contributed by atoms with Crippen LogP contribution in [0.4, 0.5) is 0 Å². The van der Waals surface area contributed by atoms with Crippen LogP contribution in [0.1, 0.15) is 39.9 Å². The largest absolute Gasteiger partial charge is 0.309 e. The molecule has 1 saturated heterocycles. The van der Waals surface area contributed by atoms with Crippen molar-refractivity contribution in [2.24, 2.45) is 5.92 Å². The summed E-state index contributed by atoms with van der Waals surface area (Å²) in [4.78, 5) is 11.3. The molecular weight excluding hydrogens is 236 g/mol. The van der Waals surface area contributed by atoms with Gasteiger partial charge in [0.25, 0.3) is 0 Å². The van der Waals surface area contributed by atoms with Gasteiger partial charge in [0.1, 0.15) is 5.82 Å². The van der Waals surface area contributed by atoms with E-state index in [2.05, 4.69) is 47.9 Å². The quantitative estimate of drug-likeness (QED) is 0.902. The molecule has 1 unspecified atom stereocenters. The normalized spacial score (nSPS) is 23.7. The Kier molecular flexibility index (Phi) is 4.53. The predicted octanol–water partition coefficient (Wildman–Crippen LogP) is 2.08. The lowest BCUT2D eigenvalue weighted by atomic mass is 9.94. The second kappa shape index (κ2) is 5.97. The smallest absolute Gasteiger partial charge is 0.142 e. The Bertz CT molecular complexity index is 388. The molecule has 1 N–H and O–H groups in total. The molecule has 0 saturated carbocycles. The van der Waals surface area contributed by atoms with Crippen molar-refractivity contribution in [3.63, 3.8) is 0 Å². The summed E-state index contributed by atoms with van der Waals surface area (Å²) in [6.45, 7) is 12.0. The summed E-state index contributed by atoms with van der Waals surface area (Å²) in [7, 11) is 0. The fraction of sp³-hybridized carbons (Fsp3) is 0.733. The van der Waals surface area contributed by atoms with Crippen molar-refractivity contribution in [3.8, 4) is 0 Å². The number of aromatic nitrogens is 2. The molecule has 1 aromatic rings. The molecule has 1 aliphatic heterocycles. The van der Waals surface area contributed by atoms with E-state index in [9.17, 15) is 0 Å². The molecule has 1 aliphatic rings. The van der Waals surface area contributed by atoms with Crippen molar-refractivity contribution < 1.29 is 0 Å². The molecule has 19 heavy (non-hydrogen) atoms. The first-order chi connectivity index (χ1) is 8.96. The molecule has 2 rings (SSSR count). The predicted molar refractivity (Wildman–Crippen MR) is 77.8 cm³/mol. The van der Waals surface area contributed by atoms with E-state index in [4.69, 9.17) is 0 Å². The molecule has 106 valence electrons. The average molecular weight is 262 g/mol. The maximum Gasteiger partial charge on any atom is 0.142 e. The van der Waals surface area contributed by atoms with E-state index in [1.54, 1.807) is 0 Å². The van der Waals surface area contributed by atoms with Gasteiger partial charge in [-0.1, -0.05) is 13.8 Å². The van der Waals surface area contributed by atoms with E-state index in [1.807, 2.05) is 18.5 Å². The van der Waals surface area contributed by atoms with Crippen LogP contribution in [0.2, 0.25) is 0 Å². The average Bonchev–Trinajstić information content (AvgIpc) is 2.33. The summed E-state index contributed by atoms with van der Waals surface area (Å²) in [5, 5.41) is 3.65. The summed E-state index contributed by atoms with van der Waals surface area (Å²) in [6.07, 6.45) is 4.87. The van der Waals surface area contributed by atoms with Gasteiger partial charge in [0, 0.05) is 37.1 Å². The van der Waals surface area contributed by atoms with Crippen LogP contribution in [0.3, 0.4) is 0 Å². The van der Waals surface area contributed by atoms with E-state index in [1.165, 1.54) is 6.42 Å². The van der Waals surface area contributed by atoms with Crippen LogP contribution in [0.25, 0.3) is 0 Å². The van der Waals surface area contributed by atoms with Gasteiger partial charge in [-0.15, -0.1) is 0 Å². The third-order valence-corrected chi connectivity index (χ3v) is 3.64. The molecule has 1 aromatic heterocycles. The zero-order valence-corrected chi connectivity index (χ0v) is 12.6. The summed E-state index contributed by atoms with van der Waals surface area (Å²) in [6, 6.07) is 2.45. The van der Waals surface area contributed by atoms with E-state index in [0.717, 1.165) is 25.5 Å². The molecule has 0 spiro atoms. The fourth-order valence-electron chi connectivity index (χ4n) is 2.77. The Hall–Kier alpha value is -1.00. The summed E-state index contributed by atoms with van der Waals surface area (Å²) < 4.78 is 0. The Morgan fingerprint density at radius 1 is 1.37 bits per heavy atom. The lowest BCUT2D eigenvalue weighted by Crippen LogP contribution is -2.61. The van der Waals surface area contributed by atoms with Gasteiger partial charge in [0.15, 0.2) is 0 Å². The molecule has 1 atom stereocenters. The SMILES string of the molecule is CC(C)CC1CNC(C)(C)CN1Cc1ncccn1. The van der Waals surface area contributed by atoms with Gasteiger partial charge in [0.2, 0.25) is 0 Å². The van der Waals surface area contributed by atoms with Crippen LogP contribution < -0.4 is 5.32 Å². The van der Waals surface area contributed by atoms with Crippen molar-refractivity contribution in [3.05, 3.63) is 24.3 Å². The molecule has 0 radical (unpaired) electrons. The van der Waals surface area contributed by atoms with E-state index < -0.39 is 0 Å². The fourth-order valence-corrected chi connectivity index (χ4v) is 2.77. The molecular formula is C15H26N4. The van der Waals surface area contributed by atoms with E-state index >= 15 is 0 Å². The highest BCUT2D eigenvalue weighted by atomic mass is 15.3. The first-order valence-electron chi connectivity index (χ1n) is 7.21. The van der Waals surface area contributed by atoms with Crippen molar-refractivity contribution in [1.29, 1.82) is 0 Å². The molecule has 0 aromatic carbocycles. The maximum atomic E-state index is 4.36. The number of hydrogen-bond acceptors (Lipinski definition) is 4. The topological polar surface area (TPSA) is 41.0 Å². The van der Waals surface area contributed by atoms with Gasteiger partial charge in [-0.05, 0) is 32.3 Å².